The fourth-order valence-electron chi connectivity index (χ4n) is 2.28. The van der Waals surface area contributed by atoms with Gasteiger partial charge in [0.2, 0.25) is 0 Å². The highest BCUT2D eigenvalue weighted by Gasteiger charge is 2.16. The van der Waals surface area contributed by atoms with Gasteiger partial charge in [-0.1, -0.05) is 18.2 Å². The van der Waals surface area contributed by atoms with Crippen molar-refractivity contribution in [3.05, 3.63) is 36.0 Å². The summed E-state index contributed by atoms with van der Waals surface area (Å²) in [5, 5.41) is 10.2. The van der Waals surface area contributed by atoms with Crippen LogP contribution in [0, 0.1) is 0 Å². The molecule has 1 heterocycles. The maximum Gasteiger partial charge on any atom is 0.354 e. The van der Waals surface area contributed by atoms with Crippen molar-refractivity contribution in [1.29, 1.82) is 0 Å². The molecule has 0 aliphatic heterocycles. The summed E-state index contributed by atoms with van der Waals surface area (Å²) in [7, 11) is 2.01. The minimum Gasteiger partial charge on any atom is -0.477 e. The van der Waals surface area contributed by atoms with Crippen LogP contribution < -0.4 is 4.90 Å². The van der Waals surface area contributed by atoms with Crippen LogP contribution in [0.1, 0.15) is 23.8 Å². The highest BCUT2D eigenvalue weighted by molar-refractivity contribution is 7.98. The average Bonchev–Trinajstić information content (AvgIpc) is 2.50. The first kappa shape index (κ1) is 15.6. The summed E-state index contributed by atoms with van der Waals surface area (Å²) in [5.41, 5.74) is 1.73. The number of hydrogen-bond acceptors (Lipinski definition) is 4. The van der Waals surface area contributed by atoms with E-state index >= 15 is 0 Å². The van der Waals surface area contributed by atoms with Crippen molar-refractivity contribution in [2.24, 2.45) is 0 Å². The fourth-order valence-corrected chi connectivity index (χ4v) is 2.85. The van der Waals surface area contributed by atoms with Gasteiger partial charge in [-0.2, -0.15) is 11.8 Å². The number of hydrogen-bond donors (Lipinski definition) is 1. The number of fused-ring (bicyclic) bond motifs is 1. The minimum atomic E-state index is -0.993. The number of thioether (sulfide) groups is 1. The zero-order valence-electron chi connectivity index (χ0n) is 12.5. The molecule has 0 radical (unpaired) electrons. The molecule has 0 saturated heterocycles. The van der Waals surface area contributed by atoms with Crippen LogP contribution in [0.15, 0.2) is 30.3 Å². The average molecular weight is 304 g/mol. The molecule has 2 rings (SSSR count). The van der Waals surface area contributed by atoms with E-state index in [9.17, 15) is 9.90 Å². The number of carbonyl (C=O) groups is 1. The van der Waals surface area contributed by atoms with Crippen molar-refractivity contribution < 1.29 is 9.90 Å². The van der Waals surface area contributed by atoms with Gasteiger partial charge >= 0.3 is 5.97 Å². The summed E-state index contributed by atoms with van der Waals surface area (Å²) < 4.78 is 0. The quantitative estimate of drug-likeness (QED) is 0.885. The maximum absolute atomic E-state index is 11.3. The Balaban J connectivity index is 2.47. The van der Waals surface area contributed by atoms with Gasteiger partial charge in [-0.05, 0) is 37.5 Å². The van der Waals surface area contributed by atoms with E-state index in [1.165, 1.54) is 0 Å². The van der Waals surface area contributed by atoms with E-state index in [0.29, 0.717) is 6.04 Å². The normalized spacial score (nSPS) is 12.3. The lowest BCUT2D eigenvalue weighted by Crippen LogP contribution is -2.29. The number of carboxylic acids is 1. The maximum atomic E-state index is 11.3. The van der Waals surface area contributed by atoms with Crippen LogP contribution in [0.2, 0.25) is 0 Å². The van der Waals surface area contributed by atoms with Crippen LogP contribution in [-0.2, 0) is 0 Å². The van der Waals surface area contributed by atoms with Crippen LogP contribution in [0.3, 0.4) is 0 Å². The predicted molar refractivity (Wildman–Crippen MR) is 89.6 cm³/mol. The highest BCUT2D eigenvalue weighted by atomic mass is 32.2. The molecule has 112 valence electrons. The van der Waals surface area contributed by atoms with Gasteiger partial charge in [0.1, 0.15) is 0 Å². The number of aromatic nitrogens is 1. The van der Waals surface area contributed by atoms with Gasteiger partial charge < -0.3 is 10.0 Å². The molecule has 1 unspecified atom stereocenters. The second-order valence-electron chi connectivity index (χ2n) is 5.09. The van der Waals surface area contributed by atoms with Gasteiger partial charge in [-0.15, -0.1) is 0 Å². The molecule has 4 nitrogen and oxygen atoms in total. The Kier molecular flexibility index (Phi) is 5.07. The topological polar surface area (TPSA) is 53.4 Å². The van der Waals surface area contributed by atoms with E-state index in [2.05, 4.69) is 23.1 Å². The van der Waals surface area contributed by atoms with Crippen molar-refractivity contribution in [1.82, 2.24) is 4.98 Å². The molecule has 0 saturated carbocycles. The van der Waals surface area contributed by atoms with Crippen LogP contribution >= 0.6 is 11.8 Å². The Morgan fingerprint density at radius 2 is 2.14 bits per heavy atom. The molecule has 5 heteroatoms. The molecule has 0 spiro atoms. The second kappa shape index (κ2) is 6.80. The summed E-state index contributed by atoms with van der Waals surface area (Å²) in [5.74, 6) is 0.0903. The molecule has 0 bridgehead atoms. The number of anilines is 1. The highest BCUT2D eigenvalue weighted by Crippen LogP contribution is 2.28. The molecule has 1 N–H and O–H groups in total. The number of carboxylic acid groups (broad SMARTS) is 1. The largest absolute Gasteiger partial charge is 0.477 e. The van der Waals surface area contributed by atoms with Crippen LogP contribution in [0.4, 0.5) is 5.69 Å². The lowest BCUT2D eigenvalue weighted by molar-refractivity contribution is 0.0691. The van der Waals surface area contributed by atoms with E-state index in [1.807, 2.05) is 43.1 Å². The van der Waals surface area contributed by atoms with E-state index in [1.54, 1.807) is 6.07 Å². The van der Waals surface area contributed by atoms with E-state index in [-0.39, 0.29) is 5.69 Å². The summed E-state index contributed by atoms with van der Waals surface area (Å²) in [6.07, 6.45) is 3.15. The summed E-state index contributed by atoms with van der Waals surface area (Å²) in [6.45, 7) is 2.16. The van der Waals surface area contributed by atoms with E-state index in [0.717, 1.165) is 28.8 Å². The Morgan fingerprint density at radius 1 is 1.43 bits per heavy atom. The van der Waals surface area contributed by atoms with Crippen molar-refractivity contribution in [3.63, 3.8) is 0 Å². The van der Waals surface area contributed by atoms with Gasteiger partial charge in [0.15, 0.2) is 5.69 Å². The molecule has 21 heavy (non-hydrogen) atoms. The Morgan fingerprint density at radius 3 is 2.81 bits per heavy atom. The van der Waals surface area contributed by atoms with Gasteiger partial charge in [-0.25, -0.2) is 9.78 Å². The molecule has 0 aliphatic rings. The molecule has 0 amide bonds. The van der Waals surface area contributed by atoms with Crippen molar-refractivity contribution in [2.45, 2.75) is 19.4 Å². The number of para-hydroxylation sites is 1. The second-order valence-corrected chi connectivity index (χ2v) is 6.08. The summed E-state index contributed by atoms with van der Waals surface area (Å²) >= 11 is 1.82. The van der Waals surface area contributed by atoms with Crippen molar-refractivity contribution >= 4 is 34.3 Å². The number of pyridine rings is 1. The van der Waals surface area contributed by atoms with Gasteiger partial charge in [-0.3, -0.25) is 0 Å². The Bertz CT molecular complexity index is 645. The van der Waals surface area contributed by atoms with Crippen molar-refractivity contribution in [2.75, 3.05) is 24.0 Å². The Labute approximate surface area is 129 Å². The van der Waals surface area contributed by atoms with Gasteiger partial charge in [0.25, 0.3) is 0 Å². The predicted octanol–water partition coefficient (Wildman–Crippen LogP) is 3.51. The molecule has 0 aliphatic carbocycles. The minimum absolute atomic E-state index is 0.0904. The fraction of sp³-hybridized carbons (Fsp3) is 0.375. The molecule has 2 aromatic rings. The van der Waals surface area contributed by atoms with Crippen molar-refractivity contribution in [3.8, 4) is 0 Å². The summed E-state index contributed by atoms with van der Waals surface area (Å²) in [6, 6.07) is 9.67. The first-order chi connectivity index (χ1) is 10.0. The lowest BCUT2D eigenvalue weighted by Gasteiger charge is -2.28. The zero-order valence-corrected chi connectivity index (χ0v) is 13.4. The van der Waals surface area contributed by atoms with E-state index in [4.69, 9.17) is 0 Å². The van der Waals surface area contributed by atoms with Gasteiger partial charge in [0.05, 0.1) is 5.52 Å². The smallest absolute Gasteiger partial charge is 0.354 e. The first-order valence-corrected chi connectivity index (χ1v) is 8.29. The number of benzene rings is 1. The van der Waals surface area contributed by atoms with E-state index < -0.39 is 5.97 Å². The van der Waals surface area contributed by atoms with Gasteiger partial charge in [0, 0.05) is 24.2 Å². The number of rotatable bonds is 6. The first-order valence-electron chi connectivity index (χ1n) is 6.89. The van der Waals surface area contributed by atoms with Crippen LogP contribution in [-0.4, -0.2) is 41.2 Å². The lowest BCUT2D eigenvalue weighted by atomic mass is 10.1. The van der Waals surface area contributed by atoms with Crippen LogP contribution in [0.25, 0.3) is 10.9 Å². The molecule has 1 atom stereocenters. The molecular formula is C16H20N2O2S. The zero-order chi connectivity index (χ0) is 15.4. The third-order valence-corrected chi connectivity index (χ3v) is 4.34. The molecule has 0 fully saturated rings. The Hall–Kier alpha value is -1.75. The number of aromatic carboxylic acids is 1. The molecule has 1 aromatic heterocycles. The third-order valence-electron chi connectivity index (χ3n) is 3.69. The summed E-state index contributed by atoms with van der Waals surface area (Å²) in [4.78, 5) is 17.6. The SMILES string of the molecule is CSCCC(C)N(C)c1cc(C(=O)O)nc2ccccc12. The monoisotopic (exact) mass is 304 g/mol. The molecule has 1 aromatic carbocycles. The molecular weight excluding hydrogens is 284 g/mol. The number of nitrogens with zero attached hydrogens (tertiary/aromatic N) is 2. The van der Waals surface area contributed by atoms with Crippen LogP contribution in [0.5, 0.6) is 0 Å². The standard InChI is InChI=1S/C16H20N2O2S/c1-11(8-9-21-3)18(2)15-10-14(16(19)20)17-13-7-5-4-6-12(13)15/h4-7,10-11H,8-9H2,1-3H3,(H,19,20). The third kappa shape index (κ3) is 3.47.